The maximum absolute atomic E-state index is 11.9. The molecular weight excluding hydrogens is 214 g/mol. The zero-order valence-electron chi connectivity index (χ0n) is 11.2. The quantitative estimate of drug-likeness (QED) is 0.824. The molecule has 0 aliphatic carbocycles. The molecule has 0 saturated heterocycles. The van der Waals surface area contributed by atoms with Gasteiger partial charge in [-0.05, 0) is 26.0 Å². The van der Waals surface area contributed by atoms with Crippen molar-refractivity contribution in [3.8, 4) is 0 Å². The first-order chi connectivity index (χ1) is 7.70. The zero-order valence-corrected chi connectivity index (χ0v) is 11.2. The third-order valence-corrected chi connectivity index (χ3v) is 2.30. The average molecular weight is 235 g/mol. The highest BCUT2D eigenvalue weighted by molar-refractivity contribution is 5.95. The van der Waals surface area contributed by atoms with Gasteiger partial charge in [0.25, 0.3) is 5.91 Å². The van der Waals surface area contributed by atoms with Crippen molar-refractivity contribution in [1.82, 2.24) is 10.3 Å². The lowest BCUT2D eigenvalue weighted by Crippen LogP contribution is -2.30. The lowest BCUT2D eigenvalue weighted by atomic mass is 9.90. The second kappa shape index (κ2) is 4.73. The van der Waals surface area contributed by atoms with Gasteiger partial charge in [-0.3, -0.25) is 4.79 Å². The normalized spacial score (nSPS) is 11.6. The second-order valence-corrected chi connectivity index (χ2v) is 5.54. The van der Waals surface area contributed by atoms with Gasteiger partial charge in [-0.1, -0.05) is 20.8 Å². The molecule has 0 aliphatic rings. The molecule has 0 radical (unpaired) electrons. The lowest BCUT2D eigenvalue weighted by Gasteiger charge is -2.19. The summed E-state index contributed by atoms with van der Waals surface area (Å²) in [7, 11) is 0. The maximum atomic E-state index is 11.9. The van der Waals surface area contributed by atoms with Gasteiger partial charge in [0.2, 0.25) is 0 Å². The summed E-state index contributed by atoms with van der Waals surface area (Å²) in [6.45, 7) is 9.97. The molecule has 1 heterocycles. The molecule has 94 valence electrons. The van der Waals surface area contributed by atoms with E-state index in [1.807, 2.05) is 34.6 Å². The number of nitrogens with two attached hydrogens (primary N) is 1. The van der Waals surface area contributed by atoms with Crippen molar-refractivity contribution in [2.24, 2.45) is 0 Å². The number of pyridine rings is 1. The van der Waals surface area contributed by atoms with Crippen LogP contribution in [0.25, 0.3) is 0 Å². The van der Waals surface area contributed by atoms with E-state index in [9.17, 15) is 4.79 Å². The number of hydrogen-bond donors (Lipinski definition) is 2. The number of hydrogen-bond acceptors (Lipinski definition) is 3. The maximum Gasteiger partial charge on any atom is 0.251 e. The van der Waals surface area contributed by atoms with Crippen LogP contribution in [-0.2, 0) is 5.41 Å². The van der Waals surface area contributed by atoms with E-state index in [1.54, 1.807) is 12.1 Å². The van der Waals surface area contributed by atoms with Crippen LogP contribution in [0.1, 0.15) is 50.7 Å². The number of anilines is 1. The fourth-order valence-corrected chi connectivity index (χ4v) is 1.41. The molecule has 0 atom stereocenters. The number of nitrogens with one attached hydrogen (secondary N) is 1. The van der Waals surface area contributed by atoms with E-state index in [1.165, 1.54) is 0 Å². The summed E-state index contributed by atoms with van der Waals surface area (Å²) in [5.74, 6) is 0.269. The predicted molar refractivity (Wildman–Crippen MR) is 70.0 cm³/mol. The van der Waals surface area contributed by atoms with Crippen LogP contribution in [0.15, 0.2) is 12.1 Å². The van der Waals surface area contributed by atoms with Crippen molar-refractivity contribution in [2.75, 3.05) is 5.73 Å². The van der Waals surface area contributed by atoms with Gasteiger partial charge >= 0.3 is 0 Å². The number of nitrogen functional groups attached to an aromatic ring is 1. The molecule has 0 bridgehead atoms. The molecule has 1 aromatic heterocycles. The Balaban J connectivity index is 3.10. The molecule has 0 unspecified atom stereocenters. The van der Waals surface area contributed by atoms with Crippen LogP contribution in [0.3, 0.4) is 0 Å². The molecule has 0 aliphatic heterocycles. The number of aromatic nitrogens is 1. The van der Waals surface area contributed by atoms with E-state index in [-0.39, 0.29) is 17.4 Å². The third kappa shape index (κ3) is 3.73. The highest BCUT2D eigenvalue weighted by Crippen LogP contribution is 2.22. The monoisotopic (exact) mass is 235 g/mol. The van der Waals surface area contributed by atoms with Gasteiger partial charge in [0.05, 0.1) is 0 Å². The van der Waals surface area contributed by atoms with Crippen molar-refractivity contribution in [3.05, 3.63) is 23.4 Å². The lowest BCUT2D eigenvalue weighted by molar-refractivity contribution is 0.0943. The van der Waals surface area contributed by atoms with Crippen molar-refractivity contribution in [1.29, 1.82) is 0 Å². The Morgan fingerprint density at radius 3 is 2.41 bits per heavy atom. The fourth-order valence-electron chi connectivity index (χ4n) is 1.41. The average Bonchev–Trinajstić information content (AvgIpc) is 2.14. The van der Waals surface area contributed by atoms with Gasteiger partial charge in [0, 0.05) is 22.7 Å². The summed E-state index contributed by atoms with van der Waals surface area (Å²) in [6.07, 6.45) is 0. The highest BCUT2D eigenvalue weighted by Gasteiger charge is 2.18. The molecule has 0 spiro atoms. The van der Waals surface area contributed by atoms with Crippen LogP contribution >= 0.6 is 0 Å². The van der Waals surface area contributed by atoms with E-state index >= 15 is 0 Å². The Morgan fingerprint density at radius 2 is 1.94 bits per heavy atom. The largest absolute Gasteiger partial charge is 0.384 e. The van der Waals surface area contributed by atoms with Crippen LogP contribution in [-0.4, -0.2) is 16.9 Å². The number of rotatable bonds is 2. The number of carbonyl (C=O) groups excluding carboxylic acids is 1. The van der Waals surface area contributed by atoms with Crippen LogP contribution in [0.4, 0.5) is 5.82 Å². The van der Waals surface area contributed by atoms with Gasteiger partial charge < -0.3 is 11.1 Å². The van der Waals surface area contributed by atoms with E-state index in [2.05, 4.69) is 10.3 Å². The van der Waals surface area contributed by atoms with Gasteiger partial charge in [-0.2, -0.15) is 0 Å². The Bertz CT molecular complexity index is 419. The van der Waals surface area contributed by atoms with Gasteiger partial charge in [0.1, 0.15) is 5.82 Å². The SMILES string of the molecule is CC(C)NC(=O)c1cc(N)nc(C(C)(C)C)c1. The molecular formula is C13H21N3O. The molecule has 1 rings (SSSR count). The molecule has 1 aromatic rings. The molecule has 4 heteroatoms. The van der Waals surface area contributed by atoms with Crippen LogP contribution in [0, 0.1) is 0 Å². The van der Waals surface area contributed by atoms with E-state index in [4.69, 9.17) is 5.73 Å². The molecule has 0 fully saturated rings. The topological polar surface area (TPSA) is 68.0 Å². The van der Waals surface area contributed by atoms with Crippen LogP contribution < -0.4 is 11.1 Å². The zero-order chi connectivity index (χ0) is 13.2. The molecule has 3 N–H and O–H groups in total. The fraction of sp³-hybridized carbons (Fsp3) is 0.538. The van der Waals surface area contributed by atoms with Gasteiger partial charge in [-0.25, -0.2) is 4.98 Å². The van der Waals surface area contributed by atoms with Crippen molar-refractivity contribution in [2.45, 2.75) is 46.1 Å². The minimum absolute atomic E-state index is 0.106. The smallest absolute Gasteiger partial charge is 0.251 e. The van der Waals surface area contributed by atoms with Gasteiger partial charge in [0.15, 0.2) is 0 Å². The molecule has 0 saturated carbocycles. The van der Waals surface area contributed by atoms with Crippen molar-refractivity contribution >= 4 is 11.7 Å². The minimum Gasteiger partial charge on any atom is -0.384 e. The first-order valence-corrected chi connectivity index (χ1v) is 5.79. The second-order valence-electron chi connectivity index (χ2n) is 5.54. The summed E-state index contributed by atoms with van der Waals surface area (Å²) in [5, 5.41) is 2.84. The first kappa shape index (κ1) is 13.5. The predicted octanol–water partition coefficient (Wildman–Crippen LogP) is 2.10. The Morgan fingerprint density at radius 1 is 1.35 bits per heavy atom. The molecule has 1 amide bonds. The summed E-state index contributed by atoms with van der Waals surface area (Å²) in [5.41, 5.74) is 7.00. The van der Waals surface area contributed by atoms with Crippen LogP contribution in [0.5, 0.6) is 0 Å². The summed E-state index contributed by atoms with van der Waals surface area (Å²) < 4.78 is 0. The van der Waals surface area contributed by atoms with Crippen LogP contribution in [0.2, 0.25) is 0 Å². The number of carbonyl (C=O) groups is 1. The highest BCUT2D eigenvalue weighted by atomic mass is 16.1. The Kier molecular flexibility index (Phi) is 3.76. The minimum atomic E-state index is -0.123. The van der Waals surface area contributed by atoms with E-state index in [0.717, 1.165) is 5.69 Å². The number of amides is 1. The molecule has 4 nitrogen and oxygen atoms in total. The Hall–Kier alpha value is -1.58. The summed E-state index contributed by atoms with van der Waals surface area (Å²) in [6, 6.07) is 3.51. The molecule has 0 aromatic carbocycles. The van der Waals surface area contributed by atoms with E-state index in [0.29, 0.717) is 11.4 Å². The van der Waals surface area contributed by atoms with E-state index < -0.39 is 0 Å². The molecule has 17 heavy (non-hydrogen) atoms. The first-order valence-electron chi connectivity index (χ1n) is 5.79. The third-order valence-electron chi connectivity index (χ3n) is 2.30. The Labute approximate surface area is 103 Å². The summed E-state index contributed by atoms with van der Waals surface area (Å²) in [4.78, 5) is 16.2. The van der Waals surface area contributed by atoms with Crippen molar-refractivity contribution < 1.29 is 4.79 Å². The number of nitrogens with zero attached hydrogens (tertiary/aromatic N) is 1. The summed E-state index contributed by atoms with van der Waals surface area (Å²) >= 11 is 0. The standard InChI is InChI=1S/C13H21N3O/c1-8(2)15-12(17)9-6-10(13(3,4)5)16-11(14)7-9/h6-8H,1-5H3,(H2,14,16)(H,15,17). The van der Waals surface area contributed by atoms with Crippen molar-refractivity contribution in [3.63, 3.8) is 0 Å². The van der Waals surface area contributed by atoms with Gasteiger partial charge in [-0.15, -0.1) is 0 Å².